The third-order valence-corrected chi connectivity index (χ3v) is 2.60. The van der Waals surface area contributed by atoms with Crippen molar-refractivity contribution in [3.63, 3.8) is 0 Å². The van der Waals surface area contributed by atoms with Gasteiger partial charge in [-0.2, -0.15) is 10.1 Å². The average molecular weight is 301 g/mol. The van der Waals surface area contributed by atoms with Crippen LogP contribution in [-0.4, -0.2) is 33.8 Å². The first-order valence-corrected chi connectivity index (χ1v) is 6.81. The van der Waals surface area contributed by atoms with Gasteiger partial charge in [0.2, 0.25) is 5.95 Å². The fourth-order valence-electron chi connectivity index (χ4n) is 1.77. The standard InChI is InChI=1S/C15H19N5O2/c1-15(2,3)19-12-9-16-20-14(18-12)17-11-7-5-6-10(8-11)13(21)22-4/h5-9H,1-4H3,(H2,17,18,19,20). The summed E-state index contributed by atoms with van der Waals surface area (Å²) in [6, 6.07) is 6.89. The van der Waals surface area contributed by atoms with E-state index in [1.54, 1.807) is 30.5 Å². The van der Waals surface area contributed by atoms with Crippen LogP contribution in [0.1, 0.15) is 31.1 Å². The topological polar surface area (TPSA) is 89.0 Å². The number of ether oxygens (including phenoxy) is 1. The second kappa shape index (κ2) is 6.38. The third-order valence-electron chi connectivity index (χ3n) is 2.60. The number of nitrogens with one attached hydrogen (secondary N) is 2. The molecule has 1 aromatic heterocycles. The summed E-state index contributed by atoms with van der Waals surface area (Å²) < 4.78 is 4.70. The Morgan fingerprint density at radius 3 is 2.73 bits per heavy atom. The highest BCUT2D eigenvalue weighted by Crippen LogP contribution is 2.17. The van der Waals surface area contributed by atoms with E-state index in [0.717, 1.165) is 0 Å². The van der Waals surface area contributed by atoms with E-state index in [0.29, 0.717) is 23.0 Å². The van der Waals surface area contributed by atoms with E-state index in [9.17, 15) is 4.79 Å². The Hall–Kier alpha value is -2.70. The van der Waals surface area contributed by atoms with Gasteiger partial charge in [0.25, 0.3) is 0 Å². The van der Waals surface area contributed by atoms with Gasteiger partial charge in [0, 0.05) is 11.2 Å². The molecular weight excluding hydrogens is 282 g/mol. The van der Waals surface area contributed by atoms with Crippen LogP contribution in [0.3, 0.4) is 0 Å². The number of hydrogen-bond acceptors (Lipinski definition) is 7. The van der Waals surface area contributed by atoms with Gasteiger partial charge in [-0.3, -0.25) is 0 Å². The maximum absolute atomic E-state index is 11.5. The Labute approximate surface area is 129 Å². The average Bonchev–Trinajstić information content (AvgIpc) is 2.45. The van der Waals surface area contributed by atoms with Gasteiger partial charge in [-0.05, 0) is 39.0 Å². The number of hydrogen-bond donors (Lipinski definition) is 2. The molecule has 0 aliphatic heterocycles. The van der Waals surface area contributed by atoms with Gasteiger partial charge in [0.1, 0.15) is 0 Å². The molecule has 116 valence electrons. The molecule has 7 nitrogen and oxygen atoms in total. The minimum atomic E-state index is -0.397. The summed E-state index contributed by atoms with van der Waals surface area (Å²) in [4.78, 5) is 15.9. The maximum Gasteiger partial charge on any atom is 0.337 e. The summed E-state index contributed by atoms with van der Waals surface area (Å²) >= 11 is 0. The van der Waals surface area contributed by atoms with Crippen molar-refractivity contribution in [2.24, 2.45) is 0 Å². The summed E-state index contributed by atoms with van der Waals surface area (Å²) in [7, 11) is 1.34. The van der Waals surface area contributed by atoms with Gasteiger partial charge in [-0.25, -0.2) is 4.79 Å². The molecule has 0 saturated heterocycles. The zero-order valence-electron chi connectivity index (χ0n) is 13.0. The zero-order chi connectivity index (χ0) is 16.2. The fourth-order valence-corrected chi connectivity index (χ4v) is 1.77. The van der Waals surface area contributed by atoms with Gasteiger partial charge in [0.05, 0.1) is 18.9 Å². The highest BCUT2D eigenvalue weighted by Gasteiger charge is 2.11. The second-order valence-electron chi connectivity index (χ2n) is 5.74. The highest BCUT2D eigenvalue weighted by molar-refractivity contribution is 5.90. The van der Waals surface area contributed by atoms with Crippen molar-refractivity contribution >= 4 is 23.4 Å². The van der Waals surface area contributed by atoms with Crippen molar-refractivity contribution in [2.75, 3.05) is 17.7 Å². The van der Waals surface area contributed by atoms with Crippen molar-refractivity contribution in [1.29, 1.82) is 0 Å². The van der Waals surface area contributed by atoms with Gasteiger partial charge in [0.15, 0.2) is 5.82 Å². The van der Waals surface area contributed by atoms with Crippen molar-refractivity contribution in [1.82, 2.24) is 15.2 Å². The van der Waals surface area contributed by atoms with Gasteiger partial charge in [-0.1, -0.05) is 6.07 Å². The van der Waals surface area contributed by atoms with E-state index in [1.807, 2.05) is 20.8 Å². The van der Waals surface area contributed by atoms with E-state index in [2.05, 4.69) is 25.8 Å². The summed E-state index contributed by atoms with van der Waals surface area (Å²) in [5.41, 5.74) is 1.00. The Bertz CT molecular complexity index is 667. The van der Waals surface area contributed by atoms with Gasteiger partial charge in [-0.15, -0.1) is 5.10 Å². The summed E-state index contributed by atoms with van der Waals surface area (Å²) in [6.45, 7) is 6.09. The molecule has 1 aromatic carbocycles. The van der Waals surface area contributed by atoms with Crippen LogP contribution in [0.4, 0.5) is 17.5 Å². The lowest BCUT2D eigenvalue weighted by atomic mass is 10.1. The maximum atomic E-state index is 11.5. The summed E-state index contributed by atoms with van der Waals surface area (Å²) in [5, 5.41) is 14.1. The third kappa shape index (κ3) is 4.41. The molecule has 22 heavy (non-hydrogen) atoms. The number of aromatic nitrogens is 3. The van der Waals surface area contributed by atoms with Crippen LogP contribution in [0.5, 0.6) is 0 Å². The number of anilines is 3. The predicted octanol–water partition coefficient (Wildman–Crippen LogP) is 2.61. The monoisotopic (exact) mass is 301 g/mol. The molecule has 1 heterocycles. The number of carbonyl (C=O) groups excluding carboxylic acids is 1. The van der Waals surface area contributed by atoms with Crippen molar-refractivity contribution < 1.29 is 9.53 Å². The van der Waals surface area contributed by atoms with Gasteiger partial charge >= 0.3 is 5.97 Å². The molecule has 0 atom stereocenters. The second-order valence-corrected chi connectivity index (χ2v) is 5.74. The zero-order valence-corrected chi connectivity index (χ0v) is 13.0. The SMILES string of the molecule is COC(=O)c1cccc(Nc2nncc(NC(C)(C)C)n2)c1. The van der Waals surface area contributed by atoms with Crippen LogP contribution in [0.25, 0.3) is 0 Å². The van der Waals surface area contributed by atoms with E-state index in [1.165, 1.54) is 7.11 Å². The lowest BCUT2D eigenvalue weighted by Gasteiger charge is -2.20. The Balaban J connectivity index is 2.17. The highest BCUT2D eigenvalue weighted by atomic mass is 16.5. The molecule has 0 amide bonds. The summed E-state index contributed by atoms with van der Waals surface area (Å²) in [6.07, 6.45) is 1.56. The quantitative estimate of drug-likeness (QED) is 0.839. The Kier molecular flexibility index (Phi) is 4.55. The summed E-state index contributed by atoms with van der Waals surface area (Å²) in [5.74, 6) is 0.566. The van der Waals surface area contributed by atoms with Crippen LogP contribution in [0.2, 0.25) is 0 Å². The molecule has 7 heteroatoms. The molecule has 0 unspecified atom stereocenters. The van der Waals surface area contributed by atoms with Crippen LogP contribution in [0, 0.1) is 0 Å². The van der Waals surface area contributed by atoms with Crippen LogP contribution >= 0.6 is 0 Å². The number of methoxy groups -OCH3 is 1. The molecule has 0 fully saturated rings. The predicted molar refractivity (Wildman–Crippen MR) is 84.3 cm³/mol. The molecule has 2 N–H and O–H groups in total. The van der Waals surface area contributed by atoms with Crippen molar-refractivity contribution in [2.45, 2.75) is 26.3 Å². The lowest BCUT2D eigenvalue weighted by molar-refractivity contribution is 0.0601. The number of nitrogens with zero attached hydrogens (tertiary/aromatic N) is 3. The first kappa shape index (κ1) is 15.7. The smallest absolute Gasteiger partial charge is 0.337 e. The van der Waals surface area contributed by atoms with E-state index < -0.39 is 5.97 Å². The van der Waals surface area contributed by atoms with Crippen molar-refractivity contribution in [3.8, 4) is 0 Å². The molecule has 2 aromatic rings. The Morgan fingerprint density at radius 2 is 2.05 bits per heavy atom. The largest absolute Gasteiger partial charge is 0.465 e. The van der Waals surface area contributed by atoms with E-state index >= 15 is 0 Å². The first-order chi connectivity index (χ1) is 10.4. The molecule has 0 saturated carbocycles. The minimum Gasteiger partial charge on any atom is -0.465 e. The number of benzene rings is 1. The molecule has 0 bridgehead atoms. The van der Waals surface area contributed by atoms with E-state index in [-0.39, 0.29) is 5.54 Å². The van der Waals surface area contributed by atoms with Crippen LogP contribution in [0.15, 0.2) is 30.5 Å². The number of carbonyl (C=O) groups is 1. The van der Waals surface area contributed by atoms with Crippen molar-refractivity contribution in [3.05, 3.63) is 36.0 Å². The fraction of sp³-hybridized carbons (Fsp3) is 0.333. The van der Waals surface area contributed by atoms with Crippen LogP contribution in [-0.2, 0) is 4.74 Å². The molecule has 2 rings (SSSR count). The number of rotatable bonds is 4. The lowest BCUT2D eigenvalue weighted by Crippen LogP contribution is -2.27. The molecular formula is C15H19N5O2. The Morgan fingerprint density at radius 1 is 1.27 bits per heavy atom. The molecule has 0 spiro atoms. The number of esters is 1. The molecule has 0 aliphatic carbocycles. The first-order valence-electron chi connectivity index (χ1n) is 6.81. The molecule has 0 radical (unpaired) electrons. The van der Waals surface area contributed by atoms with E-state index in [4.69, 9.17) is 4.74 Å². The molecule has 0 aliphatic rings. The van der Waals surface area contributed by atoms with Gasteiger partial charge < -0.3 is 15.4 Å². The van der Waals surface area contributed by atoms with Crippen LogP contribution < -0.4 is 10.6 Å². The normalized spacial score (nSPS) is 10.9. The minimum absolute atomic E-state index is 0.127.